The number of benzene rings is 7. The zero-order chi connectivity index (χ0) is 44.8. The second kappa shape index (κ2) is 19.4. The molecule has 0 saturated heterocycles. The third-order valence-corrected chi connectivity index (χ3v) is 13.5. The van der Waals surface area contributed by atoms with Gasteiger partial charge in [-0.25, -0.2) is 0 Å². The predicted molar refractivity (Wildman–Crippen MR) is 279 cm³/mol. The zero-order valence-electron chi connectivity index (χ0n) is 38.8. The average Bonchev–Trinajstić information content (AvgIpc) is 3.44. The lowest BCUT2D eigenvalue weighted by molar-refractivity contribution is 0.659. The van der Waals surface area contributed by atoms with Gasteiger partial charge >= 0.3 is 0 Å². The molecular formula is C65H60. The van der Waals surface area contributed by atoms with Gasteiger partial charge in [-0.3, -0.25) is 0 Å². The lowest BCUT2D eigenvalue weighted by Crippen LogP contribution is -2.25. The normalized spacial score (nSPS) is 14.8. The minimum absolute atomic E-state index is 0.0194. The van der Waals surface area contributed by atoms with Crippen molar-refractivity contribution in [3.05, 3.63) is 266 Å². The molecule has 0 saturated carbocycles. The van der Waals surface area contributed by atoms with Crippen molar-refractivity contribution in [1.29, 1.82) is 0 Å². The van der Waals surface area contributed by atoms with Crippen LogP contribution in [0.1, 0.15) is 103 Å². The lowest BCUT2D eigenvalue weighted by atomic mass is 9.81. The average molecular weight is 841 g/mol. The molecule has 0 spiro atoms. The summed E-state index contributed by atoms with van der Waals surface area (Å²) in [6.45, 7) is 11.3. The van der Waals surface area contributed by atoms with Gasteiger partial charge in [0.25, 0.3) is 0 Å². The number of fused-ring (bicyclic) bond motifs is 5. The molecule has 0 heterocycles. The van der Waals surface area contributed by atoms with Crippen molar-refractivity contribution in [2.75, 3.05) is 0 Å². The van der Waals surface area contributed by atoms with Gasteiger partial charge in [-0.1, -0.05) is 215 Å². The van der Waals surface area contributed by atoms with E-state index in [0.29, 0.717) is 0 Å². The fraction of sp³-hybridized carbons (Fsp3) is 0.185. The Balaban J connectivity index is 0.000000126. The van der Waals surface area contributed by atoms with Crippen molar-refractivity contribution in [2.24, 2.45) is 0 Å². The van der Waals surface area contributed by atoms with Crippen LogP contribution in [0.25, 0.3) is 44.7 Å². The fourth-order valence-electron chi connectivity index (χ4n) is 10.00. The van der Waals surface area contributed by atoms with Gasteiger partial charge < -0.3 is 0 Å². The van der Waals surface area contributed by atoms with E-state index in [4.69, 9.17) is 0 Å². The molecule has 65 heavy (non-hydrogen) atoms. The molecule has 0 amide bonds. The summed E-state index contributed by atoms with van der Waals surface area (Å²) in [5, 5.41) is 2.39. The summed E-state index contributed by atoms with van der Waals surface area (Å²) in [4.78, 5) is 0. The SMILES string of the molecule is CC1=CCCC=C1c1ccc(-c2ccccc2)cc1.CCCc1ccc(C2=CCCc3ccccc32)cc1.Cc1ccc2c(c1)C(C)(C)c1cc(C3=c4ccccc4=C=CC=C3)ccc1-2. The highest BCUT2D eigenvalue weighted by atomic mass is 14.4. The van der Waals surface area contributed by atoms with E-state index >= 15 is 0 Å². The summed E-state index contributed by atoms with van der Waals surface area (Å²) in [6, 6.07) is 59.7. The minimum atomic E-state index is 0.0194. The highest BCUT2D eigenvalue weighted by Crippen LogP contribution is 2.49. The quantitative estimate of drug-likeness (QED) is 0.156. The Morgan fingerprint density at radius 3 is 1.92 bits per heavy atom. The van der Waals surface area contributed by atoms with Crippen molar-refractivity contribution in [2.45, 2.75) is 78.6 Å². The van der Waals surface area contributed by atoms with Crippen LogP contribution in [0.4, 0.5) is 0 Å². The Morgan fingerprint density at radius 1 is 0.523 bits per heavy atom. The predicted octanol–water partition coefficient (Wildman–Crippen LogP) is 15.5. The Bertz CT molecular complexity index is 3140. The van der Waals surface area contributed by atoms with Crippen LogP contribution in [-0.4, -0.2) is 0 Å². The number of aryl methyl sites for hydroxylation is 3. The standard InChI is InChI=1S/C27H22.C19H18.C19H20/c1-18-12-14-23-24-15-13-20(17-26(24)27(2,3)25(23)16-18)22-11-7-5-9-19-8-4-6-10-21(19)22;1-15-7-5-6-10-19(15)18-13-11-17(12-14-18)16-8-3-2-4-9-16;1-2-6-15-11-13-17(14-12-15)19-10-5-8-16-7-3-4-9-18(16)19/h4-8,10-17H,1-3H3;2-4,7-14H,5-6H2,1H3;3-4,7,9-14H,2,5-6,8H2,1H3. The number of hydrogen-bond acceptors (Lipinski definition) is 0. The summed E-state index contributed by atoms with van der Waals surface area (Å²) in [5.74, 6) is 0. The van der Waals surface area contributed by atoms with E-state index in [0.717, 1.165) is 18.1 Å². The summed E-state index contributed by atoms with van der Waals surface area (Å²) in [7, 11) is 0. The second-order valence-electron chi connectivity index (χ2n) is 18.3. The van der Waals surface area contributed by atoms with Crippen LogP contribution in [0, 0.1) is 6.92 Å². The van der Waals surface area contributed by atoms with E-state index in [1.165, 1.54) is 126 Å². The Morgan fingerprint density at radius 2 is 1.14 bits per heavy atom. The van der Waals surface area contributed by atoms with Crippen molar-refractivity contribution in [3.8, 4) is 22.3 Å². The Kier molecular flexibility index (Phi) is 12.9. The molecule has 4 aliphatic rings. The first-order valence-corrected chi connectivity index (χ1v) is 23.7. The molecule has 0 fully saturated rings. The van der Waals surface area contributed by atoms with Crippen molar-refractivity contribution in [1.82, 2.24) is 0 Å². The van der Waals surface area contributed by atoms with Crippen LogP contribution in [-0.2, 0) is 18.3 Å². The third-order valence-electron chi connectivity index (χ3n) is 13.5. The van der Waals surface area contributed by atoms with Crippen molar-refractivity contribution >= 4 is 22.5 Å². The maximum atomic E-state index is 3.38. The molecule has 11 rings (SSSR count). The molecule has 0 aliphatic heterocycles. The molecule has 0 unspecified atom stereocenters. The largest absolute Gasteiger partial charge is 0.112 e. The molecule has 0 N–H and O–H groups in total. The van der Waals surface area contributed by atoms with Gasteiger partial charge in [-0.15, -0.1) is 5.73 Å². The van der Waals surface area contributed by atoms with Gasteiger partial charge in [0.05, 0.1) is 0 Å². The smallest absolute Gasteiger partial charge is 0.0243 e. The van der Waals surface area contributed by atoms with Gasteiger partial charge in [0, 0.05) is 10.6 Å². The highest BCUT2D eigenvalue weighted by Gasteiger charge is 2.35. The van der Waals surface area contributed by atoms with E-state index in [9.17, 15) is 0 Å². The van der Waals surface area contributed by atoms with Gasteiger partial charge in [-0.2, -0.15) is 0 Å². The van der Waals surface area contributed by atoms with Crippen molar-refractivity contribution in [3.63, 3.8) is 0 Å². The maximum Gasteiger partial charge on any atom is 0.0243 e. The van der Waals surface area contributed by atoms with Gasteiger partial charge in [0.1, 0.15) is 0 Å². The number of hydrogen-bond donors (Lipinski definition) is 0. The van der Waals surface area contributed by atoms with Crippen LogP contribution >= 0.6 is 0 Å². The summed E-state index contributed by atoms with van der Waals surface area (Å²) in [6.07, 6.45) is 20.4. The third kappa shape index (κ3) is 9.33. The zero-order valence-corrected chi connectivity index (χ0v) is 38.8. The van der Waals surface area contributed by atoms with E-state index in [-0.39, 0.29) is 5.41 Å². The molecule has 0 heteroatoms. The lowest BCUT2D eigenvalue weighted by Gasteiger charge is -2.22. The molecule has 0 aromatic heterocycles. The monoisotopic (exact) mass is 840 g/mol. The van der Waals surface area contributed by atoms with E-state index < -0.39 is 0 Å². The second-order valence-corrected chi connectivity index (χ2v) is 18.3. The molecular weight excluding hydrogens is 781 g/mol. The molecule has 0 nitrogen and oxygen atoms in total. The van der Waals surface area contributed by atoms with Gasteiger partial charge in [-0.05, 0) is 158 Å². The van der Waals surface area contributed by atoms with Gasteiger partial charge in [0.2, 0.25) is 0 Å². The molecule has 7 aromatic carbocycles. The van der Waals surface area contributed by atoms with E-state index in [2.05, 4.69) is 235 Å². The fourth-order valence-corrected chi connectivity index (χ4v) is 10.00. The first-order chi connectivity index (χ1) is 31.8. The first kappa shape index (κ1) is 43.3. The molecule has 320 valence electrons. The van der Waals surface area contributed by atoms with Crippen LogP contribution in [0.5, 0.6) is 0 Å². The van der Waals surface area contributed by atoms with Crippen LogP contribution in [0.3, 0.4) is 0 Å². The first-order valence-electron chi connectivity index (χ1n) is 23.7. The number of allylic oxidation sites excluding steroid dienone is 8. The molecule has 7 aromatic rings. The molecule has 4 aliphatic carbocycles. The topological polar surface area (TPSA) is 0 Å². The minimum Gasteiger partial charge on any atom is -0.112 e. The van der Waals surface area contributed by atoms with Crippen molar-refractivity contribution < 1.29 is 0 Å². The summed E-state index contributed by atoms with van der Waals surface area (Å²) in [5.41, 5.74) is 26.6. The van der Waals surface area contributed by atoms with Crippen LogP contribution in [0.15, 0.2) is 206 Å². The van der Waals surface area contributed by atoms with Crippen LogP contribution in [0.2, 0.25) is 0 Å². The number of rotatable bonds is 6. The van der Waals surface area contributed by atoms with E-state index in [1.54, 1.807) is 0 Å². The van der Waals surface area contributed by atoms with Crippen LogP contribution < -0.4 is 10.4 Å². The van der Waals surface area contributed by atoms with E-state index in [1.807, 2.05) is 6.08 Å². The summed E-state index contributed by atoms with van der Waals surface area (Å²) >= 11 is 0. The Hall–Kier alpha value is -6.98. The summed E-state index contributed by atoms with van der Waals surface area (Å²) < 4.78 is 0. The Labute approximate surface area is 387 Å². The molecule has 0 bridgehead atoms. The van der Waals surface area contributed by atoms with Gasteiger partial charge in [0.15, 0.2) is 0 Å². The molecule has 0 radical (unpaired) electrons. The molecule has 0 atom stereocenters. The highest BCUT2D eigenvalue weighted by molar-refractivity contribution is 5.85. The maximum absolute atomic E-state index is 3.38.